The first-order valence-corrected chi connectivity index (χ1v) is 4.92. The lowest BCUT2D eigenvalue weighted by molar-refractivity contribution is -0.384. The molecule has 0 aliphatic carbocycles. The normalized spacial score (nSPS) is 10.4. The van der Waals surface area contributed by atoms with Gasteiger partial charge in [-0.05, 0) is 6.92 Å². The van der Waals surface area contributed by atoms with Crippen molar-refractivity contribution in [3.63, 3.8) is 0 Å². The van der Waals surface area contributed by atoms with E-state index in [9.17, 15) is 14.9 Å². The molecule has 7 nitrogen and oxygen atoms in total. The number of H-pyrrole nitrogens is 1. The van der Waals surface area contributed by atoms with Crippen molar-refractivity contribution in [1.82, 2.24) is 9.97 Å². The van der Waals surface area contributed by atoms with Gasteiger partial charge in [0.05, 0.1) is 28.9 Å². The number of carbonyl (C=O) groups is 1. The number of ether oxygens (including phenoxy) is 1. The minimum Gasteiger partial charge on any atom is -0.462 e. The summed E-state index contributed by atoms with van der Waals surface area (Å²) in [7, 11) is 0. The van der Waals surface area contributed by atoms with Crippen LogP contribution in [0.2, 0.25) is 0 Å². The number of imidazole rings is 1. The third-order valence-corrected chi connectivity index (χ3v) is 2.21. The Hall–Kier alpha value is -2.44. The van der Waals surface area contributed by atoms with Gasteiger partial charge >= 0.3 is 5.97 Å². The van der Waals surface area contributed by atoms with Crippen LogP contribution in [0.4, 0.5) is 5.69 Å². The van der Waals surface area contributed by atoms with Crippen LogP contribution in [0.3, 0.4) is 0 Å². The molecular formula is C10H9N3O4. The van der Waals surface area contributed by atoms with Crippen molar-refractivity contribution in [3.05, 3.63) is 34.1 Å². The smallest absolute Gasteiger partial charge is 0.340 e. The summed E-state index contributed by atoms with van der Waals surface area (Å²) in [6, 6.07) is 2.49. The number of nitro groups is 1. The zero-order valence-corrected chi connectivity index (χ0v) is 8.97. The fourth-order valence-corrected chi connectivity index (χ4v) is 1.50. The van der Waals surface area contributed by atoms with E-state index in [-0.39, 0.29) is 17.9 Å². The molecule has 1 heterocycles. The summed E-state index contributed by atoms with van der Waals surface area (Å²) < 4.78 is 4.82. The molecular weight excluding hydrogens is 226 g/mol. The van der Waals surface area contributed by atoms with Gasteiger partial charge in [0.1, 0.15) is 5.52 Å². The second kappa shape index (κ2) is 4.20. The summed E-state index contributed by atoms with van der Waals surface area (Å²) in [4.78, 5) is 28.5. The van der Waals surface area contributed by atoms with Crippen molar-refractivity contribution in [2.75, 3.05) is 6.61 Å². The van der Waals surface area contributed by atoms with E-state index in [2.05, 4.69) is 9.97 Å². The van der Waals surface area contributed by atoms with Gasteiger partial charge in [0.25, 0.3) is 5.69 Å². The van der Waals surface area contributed by atoms with Crippen molar-refractivity contribution < 1.29 is 14.5 Å². The molecule has 0 amide bonds. The Bertz CT molecular complexity index is 590. The highest BCUT2D eigenvalue weighted by atomic mass is 16.6. The van der Waals surface area contributed by atoms with Crippen LogP contribution in [-0.4, -0.2) is 27.5 Å². The zero-order chi connectivity index (χ0) is 12.4. The molecule has 88 valence electrons. The fraction of sp³-hybridized carbons (Fsp3) is 0.200. The van der Waals surface area contributed by atoms with Crippen LogP contribution >= 0.6 is 0 Å². The summed E-state index contributed by atoms with van der Waals surface area (Å²) in [5.74, 6) is -0.617. The van der Waals surface area contributed by atoms with Gasteiger partial charge in [-0.2, -0.15) is 0 Å². The van der Waals surface area contributed by atoms with Crippen molar-refractivity contribution in [2.24, 2.45) is 0 Å². The molecule has 0 saturated carbocycles. The molecule has 1 N–H and O–H groups in total. The minimum absolute atomic E-state index is 0.0947. The zero-order valence-electron chi connectivity index (χ0n) is 8.97. The van der Waals surface area contributed by atoms with Gasteiger partial charge in [-0.25, -0.2) is 9.78 Å². The highest BCUT2D eigenvalue weighted by Crippen LogP contribution is 2.23. The van der Waals surface area contributed by atoms with Crippen molar-refractivity contribution in [2.45, 2.75) is 6.92 Å². The fourth-order valence-electron chi connectivity index (χ4n) is 1.50. The third-order valence-electron chi connectivity index (χ3n) is 2.21. The molecule has 0 aliphatic rings. The quantitative estimate of drug-likeness (QED) is 0.495. The molecule has 1 aromatic heterocycles. The molecule has 0 spiro atoms. The Kier molecular flexibility index (Phi) is 2.73. The molecule has 0 aliphatic heterocycles. The Balaban J connectivity index is 2.62. The van der Waals surface area contributed by atoms with Crippen LogP contribution in [0.25, 0.3) is 11.0 Å². The summed E-state index contributed by atoms with van der Waals surface area (Å²) >= 11 is 0. The Morgan fingerprint density at radius 1 is 1.59 bits per heavy atom. The molecule has 0 fully saturated rings. The first-order valence-electron chi connectivity index (χ1n) is 4.92. The van der Waals surface area contributed by atoms with Crippen LogP contribution in [0.1, 0.15) is 17.3 Å². The number of aromatic amines is 1. The number of nitrogens with one attached hydrogen (secondary N) is 1. The van der Waals surface area contributed by atoms with Gasteiger partial charge in [-0.1, -0.05) is 0 Å². The summed E-state index contributed by atoms with van der Waals surface area (Å²) in [5, 5.41) is 10.7. The molecule has 2 rings (SSSR count). The molecule has 0 bridgehead atoms. The summed E-state index contributed by atoms with van der Waals surface area (Å²) in [5.41, 5.74) is 0.721. The maximum atomic E-state index is 11.6. The Labute approximate surface area is 95.6 Å². The Morgan fingerprint density at radius 3 is 3.00 bits per heavy atom. The van der Waals surface area contributed by atoms with Crippen molar-refractivity contribution in [3.8, 4) is 0 Å². The number of carbonyl (C=O) groups excluding carboxylic acids is 1. The number of non-ortho nitro benzene ring substituents is 1. The van der Waals surface area contributed by atoms with Gasteiger partial charge in [0, 0.05) is 12.1 Å². The van der Waals surface area contributed by atoms with Crippen molar-refractivity contribution in [1.29, 1.82) is 0 Å². The lowest BCUT2D eigenvalue weighted by Crippen LogP contribution is -2.06. The highest BCUT2D eigenvalue weighted by molar-refractivity contribution is 6.02. The number of nitrogens with zero attached hydrogens (tertiary/aromatic N) is 2. The third kappa shape index (κ3) is 1.94. The summed E-state index contributed by atoms with van der Waals surface area (Å²) in [6.45, 7) is 1.87. The minimum atomic E-state index is -0.617. The topological polar surface area (TPSA) is 98.1 Å². The number of nitro benzene ring substituents is 1. The number of esters is 1. The van der Waals surface area contributed by atoms with E-state index >= 15 is 0 Å². The molecule has 0 saturated heterocycles. The van der Waals surface area contributed by atoms with Gasteiger partial charge in [0.15, 0.2) is 0 Å². The number of benzene rings is 1. The lowest BCUT2D eigenvalue weighted by Gasteiger charge is -2.02. The molecule has 2 aromatic rings. The molecule has 7 heteroatoms. The predicted octanol–water partition coefficient (Wildman–Crippen LogP) is 1.65. The van der Waals surface area contributed by atoms with E-state index in [1.165, 1.54) is 18.5 Å². The van der Waals surface area contributed by atoms with Crippen LogP contribution in [0, 0.1) is 10.1 Å². The van der Waals surface area contributed by atoms with Crippen LogP contribution in [0.5, 0.6) is 0 Å². The highest BCUT2D eigenvalue weighted by Gasteiger charge is 2.19. The van der Waals surface area contributed by atoms with Crippen LogP contribution < -0.4 is 0 Å². The first kappa shape index (κ1) is 11.1. The number of fused-ring (bicyclic) bond motifs is 1. The second-order valence-electron chi connectivity index (χ2n) is 3.27. The molecule has 1 aromatic carbocycles. The lowest BCUT2D eigenvalue weighted by atomic mass is 10.1. The van der Waals surface area contributed by atoms with E-state index in [1.54, 1.807) is 6.92 Å². The van der Waals surface area contributed by atoms with Crippen molar-refractivity contribution >= 4 is 22.7 Å². The maximum Gasteiger partial charge on any atom is 0.340 e. The van der Waals surface area contributed by atoms with Gasteiger partial charge < -0.3 is 9.72 Å². The first-order chi connectivity index (χ1) is 8.13. The SMILES string of the molecule is CCOC(=O)c1cc([N+](=O)[O-])cc2[nH]cnc12. The van der Waals surface area contributed by atoms with E-state index in [0.29, 0.717) is 11.0 Å². The van der Waals surface area contributed by atoms with E-state index in [4.69, 9.17) is 4.74 Å². The summed E-state index contributed by atoms with van der Waals surface area (Å²) in [6.07, 6.45) is 1.37. The number of aromatic nitrogens is 2. The molecule has 0 radical (unpaired) electrons. The van der Waals surface area contributed by atoms with E-state index in [0.717, 1.165) is 0 Å². The van der Waals surface area contributed by atoms with E-state index in [1.807, 2.05) is 0 Å². The molecule has 0 unspecified atom stereocenters. The molecule has 17 heavy (non-hydrogen) atoms. The second-order valence-corrected chi connectivity index (χ2v) is 3.27. The standard InChI is InChI=1S/C10H9N3O4/c1-2-17-10(14)7-3-6(13(15)16)4-8-9(7)12-5-11-8/h3-5H,2H2,1H3,(H,11,12). The number of hydrogen-bond donors (Lipinski definition) is 1. The molecule has 0 atom stereocenters. The number of hydrogen-bond acceptors (Lipinski definition) is 5. The van der Waals surface area contributed by atoms with E-state index < -0.39 is 10.9 Å². The maximum absolute atomic E-state index is 11.6. The predicted molar refractivity (Wildman–Crippen MR) is 58.7 cm³/mol. The van der Waals surface area contributed by atoms with Crippen LogP contribution in [-0.2, 0) is 4.74 Å². The average Bonchev–Trinajstić information content (AvgIpc) is 2.75. The van der Waals surface area contributed by atoms with Gasteiger partial charge in [-0.15, -0.1) is 0 Å². The number of rotatable bonds is 3. The monoisotopic (exact) mass is 235 g/mol. The van der Waals surface area contributed by atoms with Gasteiger partial charge in [-0.3, -0.25) is 10.1 Å². The van der Waals surface area contributed by atoms with Crippen LogP contribution in [0.15, 0.2) is 18.5 Å². The average molecular weight is 235 g/mol. The Morgan fingerprint density at radius 2 is 2.35 bits per heavy atom. The largest absolute Gasteiger partial charge is 0.462 e. The van der Waals surface area contributed by atoms with Gasteiger partial charge in [0.2, 0.25) is 0 Å².